The minimum Gasteiger partial charge on any atom is -0.497 e. The Kier molecular flexibility index (Phi) is 7.12. The van der Waals surface area contributed by atoms with Crippen LogP contribution in [0, 0.1) is 6.92 Å². The molecule has 0 spiro atoms. The van der Waals surface area contributed by atoms with Gasteiger partial charge in [-0.1, -0.05) is 29.8 Å². The maximum Gasteiger partial charge on any atom is 0.316 e. The van der Waals surface area contributed by atoms with Crippen LogP contribution >= 0.6 is 0 Å². The van der Waals surface area contributed by atoms with Gasteiger partial charge in [-0.2, -0.15) is 0 Å². The molecule has 0 aliphatic carbocycles. The van der Waals surface area contributed by atoms with E-state index in [0.29, 0.717) is 11.3 Å². The van der Waals surface area contributed by atoms with Gasteiger partial charge in [0.05, 0.1) is 19.6 Å². The monoisotopic (exact) mass is 451 g/mol. The van der Waals surface area contributed by atoms with Crippen LogP contribution < -0.4 is 15.4 Å². The largest absolute Gasteiger partial charge is 0.497 e. The Morgan fingerprint density at radius 2 is 1.91 bits per heavy atom. The van der Waals surface area contributed by atoms with Crippen molar-refractivity contribution in [2.24, 2.45) is 0 Å². The lowest BCUT2D eigenvalue weighted by molar-refractivity contribution is -0.138. The lowest BCUT2D eigenvalue weighted by Gasteiger charge is -2.25. The molecule has 9 nitrogen and oxygen atoms in total. The van der Waals surface area contributed by atoms with Gasteiger partial charge in [0.1, 0.15) is 5.75 Å². The number of ether oxygens (including phenoxy) is 1. The van der Waals surface area contributed by atoms with Crippen LogP contribution in [0.3, 0.4) is 0 Å². The van der Waals surface area contributed by atoms with Crippen molar-refractivity contribution < 1.29 is 29.0 Å². The third-order valence-electron chi connectivity index (χ3n) is 5.21. The molecule has 2 aromatic carbocycles. The molecule has 0 fully saturated rings. The third kappa shape index (κ3) is 5.76. The average Bonchev–Trinajstić information content (AvgIpc) is 2.78. The smallest absolute Gasteiger partial charge is 0.316 e. The Hall–Kier alpha value is -4.14. The average molecular weight is 451 g/mol. The van der Waals surface area contributed by atoms with Crippen molar-refractivity contribution in [1.29, 1.82) is 0 Å². The third-order valence-corrected chi connectivity index (χ3v) is 5.21. The van der Waals surface area contributed by atoms with Crippen LogP contribution in [0.1, 0.15) is 23.6 Å². The number of nitrogens with zero attached hydrogens (tertiary/aromatic N) is 1. The summed E-state index contributed by atoms with van der Waals surface area (Å²) in [5.74, 6) is -1.57. The second kappa shape index (κ2) is 9.99. The van der Waals surface area contributed by atoms with E-state index in [2.05, 4.69) is 10.6 Å². The SMILES string of the molecule is COc1cccc(-c2cc(C)cc(C(CC(=O)O)NC(=O)NC3C(=O)C=CN(C)C3=O)c2)c1. The lowest BCUT2D eigenvalue weighted by Crippen LogP contribution is -2.55. The van der Waals surface area contributed by atoms with E-state index in [1.807, 2.05) is 37.3 Å². The number of carbonyl (C=O) groups is 4. The summed E-state index contributed by atoms with van der Waals surface area (Å²) >= 11 is 0. The number of carboxylic acid groups (broad SMARTS) is 1. The number of rotatable bonds is 7. The Labute approximate surface area is 191 Å². The number of carbonyl (C=O) groups excluding carboxylic acids is 3. The molecule has 2 unspecified atom stereocenters. The van der Waals surface area contributed by atoms with E-state index in [4.69, 9.17) is 4.74 Å². The number of hydrogen-bond donors (Lipinski definition) is 3. The topological polar surface area (TPSA) is 125 Å². The zero-order valence-corrected chi connectivity index (χ0v) is 18.5. The number of methoxy groups -OCH3 is 1. The number of nitrogens with one attached hydrogen (secondary N) is 2. The summed E-state index contributed by atoms with van der Waals surface area (Å²) in [7, 11) is 3.04. The number of amides is 3. The summed E-state index contributed by atoms with van der Waals surface area (Å²) in [5, 5.41) is 14.4. The first-order valence-electron chi connectivity index (χ1n) is 10.2. The van der Waals surface area contributed by atoms with E-state index in [1.165, 1.54) is 24.2 Å². The van der Waals surface area contributed by atoms with E-state index in [9.17, 15) is 24.3 Å². The van der Waals surface area contributed by atoms with Crippen LogP contribution in [0.4, 0.5) is 4.79 Å². The van der Waals surface area contributed by atoms with Crippen LogP contribution in [-0.4, -0.2) is 53.9 Å². The molecule has 1 aliphatic rings. The first kappa shape index (κ1) is 23.5. The highest BCUT2D eigenvalue weighted by atomic mass is 16.5. The maximum atomic E-state index is 12.6. The van der Waals surface area contributed by atoms with Crippen molar-refractivity contribution in [3.8, 4) is 16.9 Å². The summed E-state index contributed by atoms with van der Waals surface area (Å²) in [6.45, 7) is 1.87. The maximum absolute atomic E-state index is 12.6. The second-order valence-electron chi connectivity index (χ2n) is 7.73. The normalized spacial score (nSPS) is 16.3. The van der Waals surface area contributed by atoms with Crippen molar-refractivity contribution in [3.05, 3.63) is 65.9 Å². The van der Waals surface area contributed by atoms with Crippen molar-refractivity contribution in [1.82, 2.24) is 15.5 Å². The minimum atomic E-state index is -1.37. The molecule has 0 aromatic heterocycles. The number of urea groups is 1. The predicted molar refractivity (Wildman–Crippen MR) is 121 cm³/mol. The van der Waals surface area contributed by atoms with E-state index in [1.54, 1.807) is 19.2 Å². The number of likely N-dealkylation sites (N-methyl/N-ethyl adjacent to an activating group) is 1. The summed E-state index contributed by atoms with van der Waals surface area (Å²) in [5.41, 5.74) is 3.13. The fourth-order valence-electron chi connectivity index (χ4n) is 3.55. The summed E-state index contributed by atoms with van der Waals surface area (Å²) in [6.07, 6.45) is 2.13. The molecule has 9 heteroatoms. The number of aliphatic carboxylic acids is 1. The van der Waals surface area contributed by atoms with Gasteiger partial charge in [-0.25, -0.2) is 4.79 Å². The molecule has 2 atom stereocenters. The van der Waals surface area contributed by atoms with Crippen molar-refractivity contribution in [3.63, 3.8) is 0 Å². The van der Waals surface area contributed by atoms with E-state index in [0.717, 1.165) is 16.7 Å². The summed E-state index contributed by atoms with van der Waals surface area (Å²) < 4.78 is 5.28. The molecule has 0 saturated heterocycles. The van der Waals surface area contributed by atoms with Gasteiger partial charge in [0.2, 0.25) is 0 Å². The molecule has 1 heterocycles. The Balaban J connectivity index is 1.87. The summed E-state index contributed by atoms with van der Waals surface area (Å²) in [4.78, 5) is 49.6. The molecule has 33 heavy (non-hydrogen) atoms. The number of carboxylic acids is 1. The lowest BCUT2D eigenvalue weighted by atomic mass is 9.95. The standard InChI is InChI=1S/C24H25N3O6/c1-14-9-16(15-5-4-6-18(12-15)33-3)11-17(10-14)19(13-21(29)30)25-24(32)26-22-20(28)7-8-27(2)23(22)31/h4-12,19,22H,13H2,1-3H3,(H,29,30)(H2,25,26,32). The molecule has 3 N–H and O–H groups in total. The molecule has 0 saturated carbocycles. The molecule has 1 aliphatic heterocycles. The number of ketones is 1. The highest BCUT2D eigenvalue weighted by Crippen LogP contribution is 2.29. The number of hydrogen-bond acceptors (Lipinski definition) is 5. The quantitative estimate of drug-likeness (QED) is 0.555. The molecule has 0 bridgehead atoms. The zero-order chi connectivity index (χ0) is 24.1. The van der Waals surface area contributed by atoms with Crippen LogP contribution in [0.15, 0.2) is 54.7 Å². The fraction of sp³-hybridized carbons (Fsp3) is 0.250. The van der Waals surface area contributed by atoms with E-state index >= 15 is 0 Å². The molecular weight excluding hydrogens is 426 g/mol. The van der Waals surface area contributed by atoms with Gasteiger partial charge in [-0.15, -0.1) is 0 Å². The predicted octanol–water partition coefficient (Wildman–Crippen LogP) is 2.41. The van der Waals surface area contributed by atoms with Gasteiger partial charge in [-0.05, 0) is 41.8 Å². The molecule has 0 radical (unpaired) electrons. The Morgan fingerprint density at radius 1 is 1.15 bits per heavy atom. The van der Waals surface area contributed by atoms with Crippen LogP contribution in [0.2, 0.25) is 0 Å². The zero-order valence-electron chi connectivity index (χ0n) is 18.5. The molecular formula is C24H25N3O6. The second-order valence-corrected chi connectivity index (χ2v) is 7.73. The van der Waals surface area contributed by atoms with Gasteiger partial charge in [0.15, 0.2) is 11.8 Å². The first-order chi connectivity index (χ1) is 15.7. The van der Waals surface area contributed by atoms with E-state index in [-0.39, 0.29) is 6.42 Å². The van der Waals surface area contributed by atoms with Crippen LogP contribution in [0.5, 0.6) is 5.75 Å². The molecule has 172 valence electrons. The molecule has 3 amide bonds. The van der Waals surface area contributed by atoms with Gasteiger partial charge in [0.25, 0.3) is 5.91 Å². The van der Waals surface area contributed by atoms with Gasteiger partial charge in [-0.3, -0.25) is 14.4 Å². The van der Waals surface area contributed by atoms with Crippen molar-refractivity contribution in [2.75, 3.05) is 14.2 Å². The minimum absolute atomic E-state index is 0.388. The van der Waals surface area contributed by atoms with Crippen LogP contribution in [0.25, 0.3) is 11.1 Å². The summed E-state index contributed by atoms with van der Waals surface area (Å²) in [6, 6.07) is 9.86. The van der Waals surface area contributed by atoms with Gasteiger partial charge in [0, 0.05) is 19.3 Å². The highest BCUT2D eigenvalue weighted by Gasteiger charge is 2.32. The van der Waals surface area contributed by atoms with Gasteiger partial charge >= 0.3 is 12.0 Å². The number of benzene rings is 2. The Morgan fingerprint density at radius 3 is 2.61 bits per heavy atom. The first-order valence-corrected chi connectivity index (χ1v) is 10.2. The van der Waals surface area contributed by atoms with Crippen LogP contribution in [-0.2, 0) is 14.4 Å². The number of aryl methyl sites for hydroxylation is 1. The Bertz CT molecular complexity index is 1130. The van der Waals surface area contributed by atoms with Gasteiger partial charge < -0.3 is 25.4 Å². The van der Waals surface area contributed by atoms with Crippen molar-refractivity contribution >= 4 is 23.7 Å². The van der Waals surface area contributed by atoms with E-state index < -0.39 is 35.8 Å². The van der Waals surface area contributed by atoms with Crippen molar-refractivity contribution in [2.45, 2.75) is 25.4 Å². The molecule has 3 rings (SSSR count). The highest BCUT2D eigenvalue weighted by molar-refractivity contribution is 6.14. The fourth-order valence-corrected chi connectivity index (χ4v) is 3.55. The molecule has 2 aromatic rings.